The van der Waals surface area contributed by atoms with Gasteiger partial charge in [-0.25, -0.2) is 0 Å². The lowest BCUT2D eigenvalue weighted by atomic mass is 9.99. The molecule has 0 aromatic carbocycles. The maximum absolute atomic E-state index is 1.89. The monoisotopic (exact) mass is 89.0 g/mol. The molecule has 5 aliphatic carbocycles. The minimum absolute atomic E-state index is 1.11. The normalized spacial score (nSPS) is 67.7. The molecule has 1 radical (unpaired) electrons. The van der Waals surface area contributed by atoms with E-state index in [1.54, 1.807) is 0 Å². The smallest absolute Gasteiger partial charge is 0.00954 e. The van der Waals surface area contributed by atoms with Crippen LogP contribution in [-0.2, 0) is 0 Å². The molecule has 3 fully saturated rings. The van der Waals surface area contributed by atoms with E-state index in [4.69, 9.17) is 0 Å². The molecule has 0 heteroatoms. The number of allylic oxidation sites excluding steroid dienone is 2. The molecule has 33 valence electrons. The number of hydrogen-bond acceptors (Lipinski definition) is 0. The fourth-order valence-electron chi connectivity index (χ4n) is 2.79. The van der Waals surface area contributed by atoms with Crippen molar-refractivity contribution in [2.75, 3.05) is 0 Å². The summed E-state index contributed by atoms with van der Waals surface area (Å²) in [5.74, 6) is 5.29. The Morgan fingerprint density at radius 1 is 1.43 bits per heavy atom. The van der Waals surface area contributed by atoms with E-state index >= 15 is 0 Å². The average Bonchev–Trinajstić information content (AvgIpc) is 2.18. The zero-order chi connectivity index (χ0) is 4.17. The lowest BCUT2D eigenvalue weighted by molar-refractivity contribution is 0.697. The molecule has 3 unspecified atom stereocenters. The van der Waals surface area contributed by atoms with Gasteiger partial charge in [-0.15, -0.1) is 0 Å². The summed E-state index contributed by atoms with van der Waals surface area (Å²) in [5, 5.41) is 0. The summed E-state index contributed by atoms with van der Waals surface area (Å²) < 4.78 is 0. The molecule has 0 aliphatic heterocycles. The molecule has 0 heterocycles. The van der Waals surface area contributed by atoms with Gasteiger partial charge in [0.25, 0.3) is 0 Å². The number of hydrogen-bond donors (Lipinski definition) is 0. The third kappa shape index (κ3) is 0.0797. The van der Waals surface area contributed by atoms with Gasteiger partial charge in [0.1, 0.15) is 0 Å². The van der Waals surface area contributed by atoms with E-state index in [1.165, 1.54) is 6.42 Å². The maximum atomic E-state index is 1.89. The molecule has 0 saturated heterocycles. The highest BCUT2D eigenvalue weighted by atomic mass is 14.8. The van der Waals surface area contributed by atoms with E-state index in [0.29, 0.717) is 0 Å². The molecule has 7 heavy (non-hydrogen) atoms. The van der Waals surface area contributed by atoms with Crippen LogP contribution < -0.4 is 0 Å². The van der Waals surface area contributed by atoms with Crippen molar-refractivity contribution in [2.45, 2.75) is 6.42 Å². The van der Waals surface area contributed by atoms with E-state index < -0.39 is 0 Å². The Kier molecular flexibility index (Phi) is 0.123. The zero-order valence-electron chi connectivity index (χ0n) is 3.94. The zero-order valence-corrected chi connectivity index (χ0v) is 3.94. The van der Waals surface area contributed by atoms with Crippen LogP contribution >= 0.6 is 0 Å². The Balaban J connectivity index is 2.31. The lowest BCUT2D eigenvalue weighted by Crippen LogP contribution is -1.97. The molecule has 0 amide bonds. The van der Waals surface area contributed by atoms with Gasteiger partial charge in [-0.05, 0) is 18.3 Å². The predicted octanol–water partition coefficient (Wildman–Crippen LogP) is 1.15. The van der Waals surface area contributed by atoms with Crippen molar-refractivity contribution < 1.29 is 0 Å². The lowest BCUT2D eigenvalue weighted by Gasteiger charge is -2.04. The highest BCUT2D eigenvalue weighted by Crippen LogP contribution is 2.89. The summed E-state index contributed by atoms with van der Waals surface area (Å²) in [6.45, 7) is 0. The molecule has 0 aromatic heterocycles. The van der Waals surface area contributed by atoms with Gasteiger partial charge in [-0.3, -0.25) is 0 Å². The van der Waals surface area contributed by atoms with Crippen molar-refractivity contribution in [1.29, 1.82) is 0 Å². The van der Waals surface area contributed by atoms with Gasteiger partial charge in [0.05, 0.1) is 0 Å². The molecule has 0 aromatic rings. The van der Waals surface area contributed by atoms with E-state index in [0.717, 1.165) is 17.8 Å². The standard InChI is InChI=1S/C7H5/c1-2-4-5(2)7-3(1)6(4)7/h2,4,6H,1H2. The fraction of sp³-hybridized carbons (Fsp3) is 0.571. The molecular formula is C7H5. The van der Waals surface area contributed by atoms with Crippen molar-refractivity contribution in [3.63, 3.8) is 0 Å². The van der Waals surface area contributed by atoms with Gasteiger partial charge >= 0.3 is 0 Å². The summed E-state index contributed by atoms with van der Waals surface area (Å²) in [4.78, 5) is 0. The summed E-state index contributed by atoms with van der Waals surface area (Å²) in [7, 11) is 0. The van der Waals surface area contributed by atoms with Crippen molar-refractivity contribution in [1.82, 2.24) is 0 Å². The van der Waals surface area contributed by atoms with Gasteiger partial charge < -0.3 is 0 Å². The third-order valence-corrected chi connectivity index (χ3v) is 3.14. The molecule has 0 spiro atoms. The quantitative estimate of drug-likeness (QED) is 0.417. The second kappa shape index (κ2) is 0.367. The van der Waals surface area contributed by atoms with Crippen molar-refractivity contribution in [3.8, 4) is 0 Å². The summed E-state index contributed by atoms with van der Waals surface area (Å²) in [6, 6.07) is 0. The van der Waals surface area contributed by atoms with Crippen LogP contribution in [0.2, 0.25) is 0 Å². The molecule has 2 bridgehead atoms. The van der Waals surface area contributed by atoms with E-state index in [-0.39, 0.29) is 0 Å². The van der Waals surface area contributed by atoms with Crippen molar-refractivity contribution in [2.24, 2.45) is 17.8 Å². The third-order valence-electron chi connectivity index (χ3n) is 3.14. The maximum Gasteiger partial charge on any atom is 0.00954 e. The molecule has 3 atom stereocenters. The SMILES string of the molecule is C1C2=C3[C]4C1C4C23. The van der Waals surface area contributed by atoms with Gasteiger partial charge in [-0.1, -0.05) is 11.1 Å². The summed E-state index contributed by atoms with van der Waals surface area (Å²) in [5.41, 5.74) is 3.71. The van der Waals surface area contributed by atoms with Crippen molar-refractivity contribution >= 4 is 0 Å². The first kappa shape index (κ1) is 2.34. The summed E-state index contributed by atoms with van der Waals surface area (Å²) >= 11 is 0. The van der Waals surface area contributed by atoms with Gasteiger partial charge in [0.15, 0.2) is 0 Å². The molecule has 5 aliphatic rings. The van der Waals surface area contributed by atoms with Gasteiger partial charge in [0, 0.05) is 11.8 Å². The highest BCUT2D eigenvalue weighted by Gasteiger charge is 2.81. The molecule has 0 N–H and O–H groups in total. The molecule has 5 rings (SSSR count). The average molecular weight is 89.1 g/mol. The Bertz CT molecular complexity index is 199. The second-order valence-corrected chi connectivity index (χ2v) is 3.21. The minimum Gasteiger partial charge on any atom is -0.0619 e. The van der Waals surface area contributed by atoms with Crippen LogP contribution in [0.4, 0.5) is 0 Å². The Morgan fingerprint density at radius 2 is 2.43 bits per heavy atom. The fourth-order valence-corrected chi connectivity index (χ4v) is 2.79. The van der Waals surface area contributed by atoms with Crippen LogP contribution in [-0.4, -0.2) is 0 Å². The Morgan fingerprint density at radius 3 is 2.57 bits per heavy atom. The van der Waals surface area contributed by atoms with Crippen LogP contribution in [0.15, 0.2) is 11.1 Å². The Hall–Kier alpha value is -0.260. The van der Waals surface area contributed by atoms with Gasteiger partial charge in [-0.2, -0.15) is 0 Å². The molecule has 0 nitrogen and oxygen atoms in total. The van der Waals surface area contributed by atoms with Crippen LogP contribution in [0.3, 0.4) is 0 Å². The number of rotatable bonds is 0. The van der Waals surface area contributed by atoms with E-state index in [1.807, 2.05) is 17.1 Å². The van der Waals surface area contributed by atoms with Crippen LogP contribution in [0, 0.1) is 23.7 Å². The first-order valence-electron chi connectivity index (χ1n) is 3.08. The molecular weight excluding hydrogens is 84.1 g/mol. The minimum atomic E-state index is 1.11. The van der Waals surface area contributed by atoms with Gasteiger partial charge in [0.2, 0.25) is 0 Å². The first-order chi connectivity index (χ1) is 3.48. The summed E-state index contributed by atoms with van der Waals surface area (Å²) in [6.07, 6.45) is 1.50. The van der Waals surface area contributed by atoms with Crippen LogP contribution in [0.5, 0.6) is 0 Å². The topological polar surface area (TPSA) is 0 Å². The Labute approximate surface area is 42.2 Å². The highest BCUT2D eigenvalue weighted by molar-refractivity contribution is 5.77. The first-order valence-corrected chi connectivity index (χ1v) is 3.08. The molecule has 3 saturated carbocycles. The van der Waals surface area contributed by atoms with Crippen LogP contribution in [0.1, 0.15) is 6.42 Å². The van der Waals surface area contributed by atoms with Crippen molar-refractivity contribution in [3.05, 3.63) is 17.1 Å². The largest absolute Gasteiger partial charge is 0.0619 e. The second-order valence-electron chi connectivity index (χ2n) is 3.21. The van der Waals surface area contributed by atoms with E-state index in [9.17, 15) is 0 Å². The van der Waals surface area contributed by atoms with E-state index in [2.05, 4.69) is 0 Å². The predicted molar refractivity (Wildman–Crippen MR) is 25.4 cm³/mol. The van der Waals surface area contributed by atoms with Crippen LogP contribution in [0.25, 0.3) is 0 Å².